The fraction of sp³-hybridized carbons (Fsp3) is 0.667. The Morgan fingerprint density at radius 2 is 2.27 bits per heavy atom. The topological polar surface area (TPSA) is 84.9 Å². The molecule has 3 rings (SSSR count). The van der Waals surface area contributed by atoms with Crippen LogP contribution in [0.15, 0.2) is 24.4 Å². The first-order valence-electron chi connectivity index (χ1n) is 7.60. The monoisotopic (exact) mass is 309 g/mol. The van der Waals surface area contributed by atoms with Crippen LogP contribution in [0.25, 0.3) is 0 Å². The van der Waals surface area contributed by atoms with Crippen molar-refractivity contribution in [1.29, 1.82) is 0 Å². The van der Waals surface area contributed by atoms with E-state index in [0.717, 1.165) is 5.69 Å². The van der Waals surface area contributed by atoms with E-state index in [1.807, 2.05) is 18.2 Å². The largest absolute Gasteiger partial charge is 0.390 e. The third-order valence-electron chi connectivity index (χ3n) is 4.09. The number of ether oxygens (including phenoxy) is 3. The molecule has 0 unspecified atom stereocenters. The van der Waals surface area contributed by atoms with Crippen molar-refractivity contribution < 1.29 is 19.3 Å². The van der Waals surface area contributed by atoms with Gasteiger partial charge in [-0.2, -0.15) is 0 Å². The lowest BCUT2D eigenvalue weighted by Gasteiger charge is -2.39. The van der Waals surface area contributed by atoms with Gasteiger partial charge in [0.25, 0.3) is 0 Å². The smallest absolute Gasteiger partial charge is 0.176 e. The normalized spacial score (nSPS) is 34.0. The minimum absolute atomic E-state index is 0.135. The van der Waals surface area contributed by atoms with Gasteiger partial charge in [0.1, 0.15) is 6.10 Å². The number of fused-ring (bicyclic) bond motifs is 2. The van der Waals surface area contributed by atoms with E-state index in [1.54, 1.807) is 13.3 Å². The van der Waals surface area contributed by atoms with Gasteiger partial charge in [-0.15, -0.1) is 0 Å². The molecule has 0 aromatic carbocycles. The predicted octanol–water partition coefficient (Wildman–Crippen LogP) is -0.740. The second-order valence-electron chi connectivity index (χ2n) is 5.57. The van der Waals surface area contributed by atoms with Crippen LogP contribution >= 0.6 is 0 Å². The molecule has 122 valence electrons. The molecule has 0 aliphatic carbocycles. The highest BCUT2D eigenvalue weighted by atomic mass is 16.7. The third kappa shape index (κ3) is 3.45. The molecule has 22 heavy (non-hydrogen) atoms. The van der Waals surface area contributed by atoms with Gasteiger partial charge in [-0.1, -0.05) is 6.07 Å². The van der Waals surface area contributed by atoms with Crippen LogP contribution in [-0.4, -0.2) is 67.5 Å². The van der Waals surface area contributed by atoms with Crippen LogP contribution in [0.1, 0.15) is 5.69 Å². The Kier molecular flexibility index (Phi) is 5.35. The molecule has 2 fully saturated rings. The molecule has 1 aromatic heterocycles. The van der Waals surface area contributed by atoms with Gasteiger partial charge in [-0.25, -0.2) is 0 Å². The number of pyridine rings is 1. The van der Waals surface area contributed by atoms with Gasteiger partial charge in [0, 0.05) is 26.4 Å². The van der Waals surface area contributed by atoms with E-state index >= 15 is 0 Å². The van der Waals surface area contributed by atoms with Gasteiger partial charge in [0.05, 0.1) is 37.1 Å². The van der Waals surface area contributed by atoms with E-state index in [4.69, 9.17) is 14.2 Å². The maximum absolute atomic E-state index is 10.6. The average Bonchev–Trinajstić information content (AvgIpc) is 2.97. The van der Waals surface area contributed by atoms with E-state index in [1.165, 1.54) is 0 Å². The fourth-order valence-electron chi connectivity index (χ4n) is 2.94. The summed E-state index contributed by atoms with van der Waals surface area (Å²) < 4.78 is 16.5. The number of nitrogens with zero attached hydrogens (tertiary/aromatic N) is 1. The van der Waals surface area contributed by atoms with Crippen LogP contribution in [0.5, 0.6) is 0 Å². The van der Waals surface area contributed by atoms with Crippen molar-refractivity contribution in [2.24, 2.45) is 0 Å². The maximum atomic E-state index is 10.6. The average molecular weight is 309 g/mol. The maximum Gasteiger partial charge on any atom is 0.176 e. The second-order valence-corrected chi connectivity index (χ2v) is 5.57. The molecule has 5 atom stereocenters. The quantitative estimate of drug-likeness (QED) is 0.572. The summed E-state index contributed by atoms with van der Waals surface area (Å²) in [5.41, 5.74) is 0.930. The van der Waals surface area contributed by atoms with Crippen molar-refractivity contribution >= 4 is 0 Å². The Hall–Kier alpha value is -1.09. The van der Waals surface area contributed by atoms with Crippen molar-refractivity contribution in [3.63, 3.8) is 0 Å². The molecule has 0 amide bonds. The number of hydrogen-bond donors (Lipinski definition) is 3. The summed E-state index contributed by atoms with van der Waals surface area (Å²) in [5, 5.41) is 17.2. The fourth-order valence-corrected chi connectivity index (χ4v) is 2.94. The highest BCUT2D eigenvalue weighted by Gasteiger charge is 2.49. The van der Waals surface area contributed by atoms with Crippen LogP contribution in [-0.2, 0) is 20.8 Å². The molecule has 1 aromatic rings. The minimum atomic E-state index is -0.591. The second kappa shape index (κ2) is 7.45. The molecular weight excluding hydrogens is 286 g/mol. The first-order valence-corrected chi connectivity index (χ1v) is 7.60. The molecular formula is C15H23N3O4. The lowest BCUT2D eigenvalue weighted by Crippen LogP contribution is -2.63. The van der Waals surface area contributed by atoms with E-state index in [2.05, 4.69) is 15.6 Å². The van der Waals surface area contributed by atoms with Crippen LogP contribution in [0.2, 0.25) is 0 Å². The molecule has 0 spiro atoms. The zero-order valence-corrected chi connectivity index (χ0v) is 12.6. The number of aromatic nitrogens is 1. The van der Waals surface area contributed by atoms with Gasteiger partial charge in [-0.3, -0.25) is 4.98 Å². The molecule has 7 nitrogen and oxygen atoms in total. The third-order valence-corrected chi connectivity index (χ3v) is 4.09. The van der Waals surface area contributed by atoms with Gasteiger partial charge < -0.3 is 30.0 Å². The predicted molar refractivity (Wildman–Crippen MR) is 79.2 cm³/mol. The van der Waals surface area contributed by atoms with Crippen LogP contribution in [0.4, 0.5) is 0 Å². The molecule has 2 aliphatic rings. The zero-order chi connectivity index (χ0) is 15.4. The SMILES string of the molecule is COCCN[C@H]1[C@@H]2OC[C@@H](O2)[C@@H](NCc2ccccn2)[C@@H]1O. The zero-order valence-electron chi connectivity index (χ0n) is 12.6. The standard InChI is InChI=1S/C15H23N3O4/c1-20-7-6-17-13-14(19)12(11-9-21-15(13)22-11)18-8-10-4-2-3-5-16-10/h2-5,11-15,17-19H,6-9H2,1H3/t11-,12-,13-,14+,15-/m1/s1. The minimum Gasteiger partial charge on any atom is -0.390 e. The molecule has 3 N–H and O–H groups in total. The molecule has 3 heterocycles. The molecule has 2 bridgehead atoms. The number of rotatable bonds is 7. The summed E-state index contributed by atoms with van der Waals surface area (Å²) in [5.74, 6) is 0. The van der Waals surface area contributed by atoms with Gasteiger partial charge >= 0.3 is 0 Å². The number of hydrogen-bond acceptors (Lipinski definition) is 7. The summed E-state index contributed by atoms with van der Waals surface area (Å²) in [7, 11) is 1.65. The Bertz CT molecular complexity index is 461. The van der Waals surface area contributed by atoms with Crippen molar-refractivity contribution in [2.45, 2.75) is 37.1 Å². The molecule has 0 radical (unpaired) electrons. The first kappa shape index (κ1) is 15.8. The van der Waals surface area contributed by atoms with Gasteiger partial charge in [0.2, 0.25) is 0 Å². The Morgan fingerprint density at radius 3 is 3.05 bits per heavy atom. The van der Waals surface area contributed by atoms with Crippen LogP contribution in [0, 0.1) is 0 Å². The Labute approximate surface area is 130 Å². The first-order chi connectivity index (χ1) is 10.8. The van der Waals surface area contributed by atoms with Crippen molar-refractivity contribution in [3.8, 4) is 0 Å². The summed E-state index contributed by atoms with van der Waals surface area (Å²) in [6.07, 6.45) is 0.634. The highest BCUT2D eigenvalue weighted by Crippen LogP contribution is 2.28. The number of nitrogens with one attached hydrogen (secondary N) is 2. The number of aliphatic hydroxyl groups excluding tert-OH is 1. The summed E-state index contributed by atoms with van der Waals surface area (Å²) in [6, 6.07) is 5.32. The van der Waals surface area contributed by atoms with Crippen molar-refractivity contribution in [1.82, 2.24) is 15.6 Å². The molecule has 2 aliphatic heterocycles. The van der Waals surface area contributed by atoms with Crippen LogP contribution in [0.3, 0.4) is 0 Å². The van der Waals surface area contributed by atoms with E-state index in [0.29, 0.717) is 26.3 Å². The van der Waals surface area contributed by atoms with Gasteiger partial charge in [-0.05, 0) is 12.1 Å². The molecule has 2 saturated heterocycles. The highest BCUT2D eigenvalue weighted by molar-refractivity contribution is 5.05. The Balaban J connectivity index is 1.60. The summed E-state index contributed by atoms with van der Waals surface area (Å²) in [6.45, 7) is 2.28. The summed E-state index contributed by atoms with van der Waals surface area (Å²) in [4.78, 5) is 4.28. The lowest BCUT2D eigenvalue weighted by atomic mass is 9.96. The van der Waals surface area contributed by atoms with E-state index in [-0.39, 0.29) is 18.2 Å². The number of methoxy groups -OCH3 is 1. The lowest BCUT2D eigenvalue weighted by molar-refractivity contribution is -0.153. The van der Waals surface area contributed by atoms with Gasteiger partial charge in [0.15, 0.2) is 6.29 Å². The van der Waals surface area contributed by atoms with E-state index in [9.17, 15) is 5.11 Å². The van der Waals surface area contributed by atoms with Crippen molar-refractivity contribution in [2.75, 3.05) is 26.9 Å². The van der Waals surface area contributed by atoms with Crippen molar-refractivity contribution in [3.05, 3.63) is 30.1 Å². The number of aliphatic hydroxyl groups is 1. The van der Waals surface area contributed by atoms with E-state index < -0.39 is 12.4 Å². The summed E-state index contributed by atoms with van der Waals surface area (Å²) >= 11 is 0. The molecule has 7 heteroatoms. The Morgan fingerprint density at radius 1 is 1.36 bits per heavy atom. The molecule has 0 saturated carbocycles. The van der Waals surface area contributed by atoms with Crippen LogP contribution < -0.4 is 10.6 Å².